The third kappa shape index (κ3) is 4.11. The maximum Gasteiger partial charge on any atom is 0.271 e. The van der Waals surface area contributed by atoms with E-state index in [1.165, 1.54) is 0 Å². The zero-order valence-corrected chi connectivity index (χ0v) is 14.8. The van der Waals surface area contributed by atoms with E-state index in [4.69, 9.17) is 17.3 Å². The van der Waals surface area contributed by atoms with Gasteiger partial charge in [0.1, 0.15) is 5.69 Å². The summed E-state index contributed by atoms with van der Waals surface area (Å²) in [6, 6.07) is 5.19. The molecule has 0 fully saturated rings. The summed E-state index contributed by atoms with van der Waals surface area (Å²) >= 11 is 6.11. The Bertz CT molecular complexity index is 798. The van der Waals surface area contributed by atoms with Crippen LogP contribution in [0.2, 0.25) is 5.02 Å². The van der Waals surface area contributed by atoms with Gasteiger partial charge >= 0.3 is 0 Å². The molecule has 2 aromatic heterocycles. The van der Waals surface area contributed by atoms with E-state index >= 15 is 0 Å². The lowest BCUT2D eigenvalue weighted by Gasteiger charge is -2.24. The Balaban J connectivity index is 2.33. The van der Waals surface area contributed by atoms with Crippen LogP contribution < -0.4 is 11.1 Å². The summed E-state index contributed by atoms with van der Waals surface area (Å²) in [5, 5.41) is 7.28. The van der Waals surface area contributed by atoms with Gasteiger partial charge in [0.25, 0.3) is 5.91 Å². The molecule has 2 rings (SSSR count). The molecule has 128 valence electrons. The van der Waals surface area contributed by atoms with Gasteiger partial charge in [-0.1, -0.05) is 11.6 Å². The van der Waals surface area contributed by atoms with Gasteiger partial charge in [-0.2, -0.15) is 5.10 Å². The molecule has 24 heavy (non-hydrogen) atoms. The van der Waals surface area contributed by atoms with Crippen molar-refractivity contribution in [1.82, 2.24) is 20.1 Å². The van der Waals surface area contributed by atoms with Gasteiger partial charge in [-0.05, 0) is 45.9 Å². The summed E-state index contributed by atoms with van der Waals surface area (Å²) < 4.78 is 1.64. The SMILES string of the molecule is Cc1cc(C)n(-c2ccc(Cl)c(C(=O)NC(C)(C)CC(N)=O)n2)n1. The summed E-state index contributed by atoms with van der Waals surface area (Å²) in [5.41, 5.74) is 6.20. The summed E-state index contributed by atoms with van der Waals surface area (Å²) in [6.45, 7) is 7.17. The first-order valence-corrected chi connectivity index (χ1v) is 7.78. The number of nitrogens with zero attached hydrogens (tertiary/aromatic N) is 3. The lowest BCUT2D eigenvalue weighted by atomic mass is 10.00. The smallest absolute Gasteiger partial charge is 0.271 e. The Hall–Kier alpha value is -2.41. The maximum atomic E-state index is 12.5. The van der Waals surface area contributed by atoms with Crippen molar-refractivity contribution in [1.29, 1.82) is 0 Å². The Morgan fingerprint density at radius 3 is 2.54 bits per heavy atom. The van der Waals surface area contributed by atoms with Crippen LogP contribution in [0.25, 0.3) is 5.82 Å². The average Bonchev–Trinajstić information content (AvgIpc) is 2.76. The predicted molar refractivity (Wildman–Crippen MR) is 91.2 cm³/mol. The predicted octanol–water partition coefficient (Wildman–Crippen LogP) is 1.92. The summed E-state index contributed by atoms with van der Waals surface area (Å²) in [7, 11) is 0. The van der Waals surface area contributed by atoms with Gasteiger partial charge in [0, 0.05) is 17.7 Å². The molecule has 0 radical (unpaired) electrons. The number of amides is 2. The molecule has 0 unspecified atom stereocenters. The van der Waals surface area contributed by atoms with E-state index in [1.54, 1.807) is 30.7 Å². The fraction of sp³-hybridized carbons (Fsp3) is 0.375. The Kier molecular flexibility index (Phi) is 4.94. The number of hydrogen-bond acceptors (Lipinski definition) is 4. The zero-order chi connectivity index (χ0) is 18.1. The van der Waals surface area contributed by atoms with Crippen LogP contribution in [-0.2, 0) is 4.79 Å². The van der Waals surface area contributed by atoms with E-state index in [0.717, 1.165) is 11.4 Å². The molecule has 0 aliphatic heterocycles. The highest BCUT2D eigenvalue weighted by Gasteiger charge is 2.25. The van der Waals surface area contributed by atoms with Crippen molar-refractivity contribution in [3.05, 3.63) is 40.3 Å². The molecule has 2 aromatic rings. The normalized spacial score (nSPS) is 11.4. The van der Waals surface area contributed by atoms with Crippen molar-refractivity contribution < 1.29 is 9.59 Å². The number of primary amides is 1. The first-order valence-electron chi connectivity index (χ1n) is 7.40. The van der Waals surface area contributed by atoms with E-state index in [2.05, 4.69) is 15.4 Å². The largest absolute Gasteiger partial charge is 0.370 e. The molecule has 0 atom stereocenters. The van der Waals surface area contributed by atoms with Gasteiger partial charge < -0.3 is 11.1 Å². The summed E-state index contributed by atoms with van der Waals surface area (Å²) in [5.74, 6) is -0.492. The second-order valence-corrected chi connectivity index (χ2v) is 6.73. The Morgan fingerprint density at radius 1 is 1.33 bits per heavy atom. The minimum absolute atomic E-state index is 0.00745. The van der Waals surface area contributed by atoms with Gasteiger partial charge in [-0.15, -0.1) is 0 Å². The molecule has 8 heteroatoms. The van der Waals surface area contributed by atoms with Crippen molar-refractivity contribution in [3.8, 4) is 5.82 Å². The number of hydrogen-bond donors (Lipinski definition) is 2. The van der Waals surface area contributed by atoms with Crippen molar-refractivity contribution >= 4 is 23.4 Å². The fourth-order valence-corrected chi connectivity index (χ4v) is 2.61. The van der Waals surface area contributed by atoms with Gasteiger partial charge in [0.05, 0.1) is 10.7 Å². The number of carbonyl (C=O) groups excluding carboxylic acids is 2. The lowest BCUT2D eigenvalue weighted by molar-refractivity contribution is -0.119. The van der Waals surface area contributed by atoms with Crippen LogP contribution in [0.1, 0.15) is 42.1 Å². The lowest BCUT2D eigenvalue weighted by Crippen LogP contribution is -2.46. The molecule has 0 saturated heterocycles. The highest BCUT2D eigenvalue weighted by molar-refractivity contribution is 6.33. The molecule has 2 heterocycles. The summed E-state index contributed by atoms with van der Waals surface area (Å²) in [6.07, 6.45) is 0.00745. The maximum absolute atomic E-state index is 12.5. The molecule has 0 bridgehead atoms. The number of nitrogens with two attached hydrogens (primary N) is 1. The number of carbonyl (C=O) groups is 2. The van der Waals surface area contributed by atoms with E-state index in [1.807, 2.05) is 19.9 Å². The molecule has 0 saturated carbocycles. The molecular weight excluding hydrogens is 330 g/mol. The number of halogens is 1. The van der Waals surface area contributed by atoms with Crippen LogP contribution in [0.5, 0.6) is 0 Å². The van der Waals surface area contributed by atoms with E-state index < -0.39 is 17.4 Å². The minimum Gasteiger partial charge on any atom is -0.370 e. The van der Waals surface area contributed by atoms with Gasteiger partial charge in [0.15, 0.2) is 5.82 Å². The van der Waals surface area contributed by atoms with Crippen LogP contribution in [0.15, 0.2) is 18.2 Å². The third-order valence-electron chi connectivity index (χ3n) is 3.34. The zero-order valence-electron chi connectivity index (χ0n) is 14.1. The standard InChI is InChI=1S/C16H20ClN5O2/c1-9-7-10(2)22(21-9)13-6-5-11(17)14(19-13)15(24)20-16(3,4)8-12(18)23/h5-7H,8H2,1-4H3,(H2,18,23)(H,20,24). The third-order valence-corrected chi connectivity index (χ3v) is 3.65. The molecular formula is C16H20ClN5O2. The van der Waals surface area contributed by atoms with Crippen molar-refractivity contribution in [3.63, 3.8) is 0 Å². The second kappa shape index (κ2) is 6.60. The number of aryl methyl sites for hydroxylation is 2. The van der Waals surface area contributed by atoms with E-state index in [9.17, 15) is 9.59 Å². The highest BCUT2D eigenvalue weighted by Crippen LogP contribution is 2.19. The van der Waals surface area contributed by atoms with Gasteiger partial charge in [-0.3, -0.25) is 9.59 Å². The number of nitrogens with one attached hydrogen (secondary N) is 1. The second-order valence-electron chi connectivity index (χ2n) is 6.32. The van der Waals surface area contributed by atoms with Gasteiger partial charge in [0.2, 0.25) is 5.91 Å². The Morgan fingerprint density at radius 2 is 2.00 bits per heavy atom. The monoisotopic (exact) mass is 349 g/mol. The number of pyridine rings is 1. The topological polar surface area (TPSA) is 103 Å². The van der Waals surface area contributed by atoms with E-state index in [-0.39, 0.29) is 17.1 Å². The van der Waals surface area contributed by atoms with Crippen molar-refractivity contribution in [2.24, 2.45) is 5.73 Å². The van der Waals surface area contributed by atoms with Crippen molar-refractivity contribution in [2.45, 2.75) is 39.7 Å². The summed E-state index contributed by atoms with van der Waals surface area (Å²) in [4.78, 5) is 27.9. The Labute approximate surface area is 145 Å². The van der Waals surface area contributed by atoms with Gasteiger partial charge in [-0.25, -0.2) is 9.67 Å². The molecule has 0 aliphatic rings. The van der Waals surface area contributed by atoms with E-state index in [0.29, 0.717) is 5.82 Å². The first-order chi connectivity index (χ1) is 11.1. The van der Waals surface area contributed by atoms with Crippen LogP contribution >= 0.6 is 11.6 Å². The average molecular weight is 350 g/mol. The van der Waals surface area contributed by atoms with Crippen LogP contribution in [0.3, 0.4) is 0 Å². The quantitative estimate of drug-likeness (QED) is 0.860. The molecule has 3 N–H and O–H groups in total. The molecule has 0 aliphatic carbocycles. The van der Waals surface area contributed by atoms with Crippen LogP contribution in [0.4, 0.5) is 0 Å². The molecule has 2 amide bonds. The number of rotatable bonds is 5. The molecule has 7 nitrogen and oxygen atoms in total. The number of aromatic nitrogens is 3. The van der Waals surface area contributed by atoms with Crippen molar-refractivity contribution in [2.75, 3.05) is 0 Å². The highest BCUT2D eigenvalue weighted by atomic mass is 35.5. The molecule has 0 spiro atoms. The van der Waals surface area contributed by atoms with Crippen LogP contribution in [0, 0.1) is 13.8 Å². The van der Waals surface area contributed by atoms with Crippen LogP contribution in [-0.4, -0.2) is 32.1 Å². The first kappa shape index (κ1) is 17.9. The fourth-order valence-electron chi connectivity index (χ4n) is 2.42. The minimum atomic E-state index is -0.803. The molecule has 0 aromatic carbocycles.